The van der Waals surface area contributed by atoms with Gasteiger partial charge in [0.05, 0.1) is 11.3 Å². The molecular weight excluding hydrogens is 346 g/mol. The highest BCUT2D eigenvalue weighted by molar-refractivity contribution is 7.98. The van der Waals surface area contributed by atoms with Gasteiger partial charge in [-0.15, -0.1) is 11.8 Å². The van der Waals surface area contributed by atoms with Gasteiger partial charge in [-0.2, -0.15) is 0 Å². The number of hydrogen-bond acceptors (Lipinski definition) is 5. The minimum absolute atomic E-state index is 0.00359. The first-order valence-corrected chi connectivity index (χ1v) is 10.3. The average molecular weight is 374 g/mol. The fraction of sp³-hybridized carbons (Fsp3) is 0.500. The molecule has 1 saturated heterocycles. The quantitative estimate of drug-likeness (QED) is 0.748. The van der Waals surface area contributed by atoms with Crippen LogP contribution in [0.1, 0.15) is 46.6 Å². The largest absolute Gasteiger partial charge is 0.361 e. The number of likely N-dealkylation sites (tertiary alicyclic amines) is 1. The molecule has 1 N–H and O–H groups in total. The van der Waals surface area contributed by atoms with Crippen LogP contribution in [0.2, 0.25) is 0 Å². The van der Waals surface area contributed by atoms with Crippen molar-refractivity contribution in [1.29, 1.82) is 0 Å². The fourth-order valence-electron chi connectivity index (χ4n) is 3.24. The van der Waals surface area contributed by atoms with Crippen molar-refractivity contribution < 1.29 is 9.32 Å². The highest BCUT2D eigenvalue weighted by Gasteiger charge is 2.15. The molecule has 0 saturated carbocycles. The first-order chi connectivity index (χ1) is 12.6. The number of aromatic nitrogens is 1. The van der Waals surface area contributed by atoms with Gasteiger partial charge in [-0.3, -0.25) is 4.79 Å². The molecule has 1 amide bonds. The van der Waals surface area contributed by atoms with Gasteiger partial charge >= 0.3 is 0 Å². The predicted molar refractivity (Wildman–Crippen MR) is 105 cm³/mol. The van der Waals surface area contributed by atoms with E-state index in [1.165, 1.54) is 19.3 Å². The molecule has 0 aliphatic carbocycles. The second-order valence-corrected chi connectivity index (χ2v) is 7.76. The summed E-state index contributed by atoms with van der Waals surface area (Å²) in [5.74, 6) is 1.60. The summed E-state index contributed by atoms with van der Waals surface area (Å²) in [5.41, 5.74) is 2.76. The van der Waals surface area contributed by atoms with Crippen LogP contribution in [0.3, 0.4) is 0 Å². The number of amides is 1. The maximum absolute atomic E-state index is 12.6. The van der Waals surface area contributed by atoms with Gasteiger partial charge in [0.25, 0.3) is 5.91 Å². The molecule has 1 aliphatic heterocycles. The molecule has 1 aliphatic rings. The number of piperidine rings is 1. The zero-order valence-electron chi connectivity index (χ0n) is 15.6. The van der Waals surface area contributed by atoms with E-state index in [9.17, 15) is 4.79 Å². The Morgan fingerprint density at radius 1 is 1.23 bits per heavy atom. The number of nitrogens with zero attached hydrogens (tertiary/aromatic N) is 2. The average Bonchev–Trinajstić information content (AvgIpc) is 2.99. The summed E-state index contributed by atoms with van der Waals surface area (Å²) in [6.07, 6.45) is 3.88. The number of benzene rings is 1. The minimum Gasteiger partial charge on any atom is -0.361 e. The highest BCUT2D eigenvalue weighted by Crippen LogP contribution is 2.28. The van der Waals surface area contributed by atoms with Crippen LogP contribution in [0.4, 0.5) is 0 Å². The van der Waals surface area contributed by atoms with Crippen molar-refractivity contribution in [3.05, 3.63) is 46.8 Å². The third kappa shape index (κ3) is 4.89. The maximum Gasteiger partial charge on any atom is 0.252 e. The van der Waals surface area contributed by atoms with Gasteiger partial charge in [0.1, 0.15) is 5.76 Å². The molecule has 2 aromatic rings. The van der Waals surface area contributed by atoms with E-state index < -0.39 is 0 Å². The Kier molecular flexibility index (Phi) is 6.74. The lowest BCUT2D eigenvalue weighted by molar-refractivity contribution is 0.0943. The third-order valence-electron chi connectivity index (χ3n) is 4.85. The van der Waals surface area contributed by atoms with Gasteiger partial charge in [0.2, 0.25) is 0 Å². The van der Waals surface area contributed by atoms with Gasteiger partial charge in [0.15, 0.2) is 0 Å². The van der Waals surface area contributed by atoms with E-state index in [2.05, 4.69) is 15.4 Å². The molecular formula is C20H27N3O2S. The number of carbonyl (C=O) groups is 1. The zero-order valence-corrected chi connectivity index (χ0v) is 16.4. The Morgan fingerprint density at radius 2 is 2.00 bits per heavy atom. The Labute approximate surface area is 159 Å². The molecule has 6 heteroatoms. The molecule has 1 fully saturated rings. The van der Waals surface area contributed by atoms with Gasteiger partial charge < -0.3 is 14.7 Å². The summed E-state index contributed by atoms with van der Waals surface area (Å²) in [7, 11) is 0. The van der Waals surface area contributed by atoms with Gasteiger partial charge in [0, 0.05) is 29.3 Å². The number of carbonyl (C=O) groups excluding carboxylic acids is 1. The molecule has 0 spiro atoms. The van der Waals surface area contributed by atoms with Crippen LogP contribution in [-0.2, 0) is 5.75 Å². The second-order valence-electron chi connectivity index (χ2n) is 6.75. The predicted octanol–water partition coefficient (Wildman–Crippen LogP) is 3.80. The fourth-order valence-corrected chi connectivity index (χ4v) is 4.45. The number of aryl methyl sites for hydroxylation is 2. The van der Waals surface area contributed by atoms with Gasteiger partial charge in [-0.1, -0.05) is 23.7 Å². The van der Waals surface area contributed by atoms with Crippen LogP contribution in [0.15, 0.2) is 33.7 Å². The van der Waals surface area contributed by atoms with Crippen LogP contribution in [0.25, 0.3) is 0 Å². The number of rotatable bonds is 7. The van der Waals surface area contributed by atoms with Crippen molar-refractivity contribution in [2.24, 2.45) is 0 Å². The smallest absolute Gasteiger partial charge is 0.252 e. The van der Waals surface area contributed by atoms with E-state index in [1.807, 2.05) is 38.1 Å². The van der Waals surface area contributed by atoms with Crippen molar-refractivity contribution in [1.82, 2.24) is 15.4 Å². The normalized spacial score (nSPS) is 15.2. The summed E-state index contributed by atoms with van der Waals surface area (Å²) in [5, 5.41) is 7.08. The molecule has 1 aromatic carbocycles. The third-order valence-corrected chi connectivity index (χ3v) is 5.95. The number of hydrogen-bond donors (Lipinski definition) is 1. The highest BCUT2D eigenvalue weighted by atomic mass is 32.2. The first-order valence-electron chi connectivity index (χ1n) is 9.29. The van der Waals surface area contributed by atoms with Crippen molar-refractivity contribution in [2.75, 3.05) is 26.2 Å². The van der Waals surface area contributed by atoms with Gasteiger partial charge in [-0.25, -0.2) is 0 Å². The lowest BCUT2D eigenvalue weighted by Crippen LogP contribution is -2.37. The van der Waals surface area contributed by atoms with Crippen LogP contribution >= 0.6 is 11.8 Å². The molecule has 26 heavy (non-hydrogen) atoms. The molecule has 140 valence electrons. The molecule has 1 aromatic heterocycles. The van der Waals surface area contributed by atoms with Crippen LogP contribution < -0.4 is 5.32 Å². The minimum atomic E-state index is 0.00359. The van der Waals surface area contributed by atoms with E-state index in [0.717, 1.165) is 52.9 Å². The van der Waals surface area contributed by atoms with E-state index in [1.54, 1.807) is 11.8 Å². The lowest BCUT2D eigenvalue weighted by Gasteiger charge is -2.26. The maximum atomic E-state index is 12.6. The molecule has 0 unspecified atom stereocenters. The van der Waals surface area contributed by atoms with E-state index in [-0.39, 0.29) is 5.91 Å². The summed E-state index contributed by atoms with van der Waals surface area (Å²) >= 11 is 1.65. The van der Waals surface area contributed by atoms with Crippen molar-refractivity contribution in [3.63, 3.8) is 0 Å². The van der Waals surface area contributed by atoms with Crippen LogP contribution in [0.5, 0.6) is 0 Å². The Bertz CT molecular complexity index is 719. The summed E-state index contributed by atoms with van der Waals surface area (Å²) in [4.78, 5) is 16.0. The summed E-state index contributed by atoms with van der Waals surface area (Å²) < 4.78 is 5.22. The molecule has 0 radical (unpaired) electrons. The van der Waals surface area contributed by atoms with E-state index >= 15 is 0 Å². The second kappa shape index (κ2) is 9.24. The zero-order chi connectivity index (χ0) is 18.4. The number of thioether (sulfide) groups is 1. The molecule has 0 bridgehead atoms. The van der Waals surface area contributed by atoms with Crippen molar-refractivity contribution in [2.45, 2.75) is 43.8 Å². The number of nitrogens with one attached hydrogen (secondary N) is 1. The summed E-state index contributed by atoms with van der Waals surface area (Å²) in [6, 6.07) is 7.79. The topological polar surface area (TPSA) is 58.4 Å². The van der Waals surface area contributed by atoms with Crippen molar-refractivity contribution in [3.8, 4) is 0 Å². The Balaban J connectivity index is 1.56. The van der Waals surface area contributed by atoms with E-state index in [0.29, 0.717) is 6.54 Å². The molecule has 5 nitrogen and oxygen atoms in total. The Hall–Kier alpha value is -1.79. The standard InChI is InChI=1S/C20H27N3O2S/c1-15-18(16(2)25-22-15)14-26-19-9-5-4-8-17(19)20(24)21-10-13-23-11-6-3-7-12-23/h4-5,8-9H,3,6-7,10-14H2,1-2H3,(H,21,24). The summed E-state index contributed by atoms with van der Waals surface area (Å²) in [6.45, 7) is 7.81. The van der Waals surface area contributed by atoms with Crippen LogP contribution in [-0.4, -0.2) is 42.1 Å². The van der Waals surface area contributed by atoms with Crippen molar-refractivity contribution >= 4 is 17.7 Å². The van der Waals surface area contributed by atoms with Gasteiger partial charge in [-0.05, 0) is 51.9 Å². The lowest BCUT2D eigenvalue weighted by atomic mass is 10.1. The molecule has 3 rings (SSSR count). The Morgan fingerprint density at radius 3 is 2.73 bits per heavy atom. The first kappa shape index (κ1) is 19.0. The molecule has 0 atom stereocenters. The van der Waals surface area contributed by atoms with E-state index in [4.69, 9.17) is 4.52 Å². The van der Waals surface area contributed by atoms with Crippen LogP contribution in [0, 0.1) is 13.8 Å². The monoisotopic (exact) mass is 373 g/mol. The SMILES string of the molecule is Cc1noc(C)c1CSc1ccccc1C(=O)NCCN1CCCCC1. The molecule has 2 heterocycles.